The first kappa shape index (κ1) is 26.4. The third kappa shape index (κ3) is 6.26. The van der Waals surface area contributed by atoms with Gasteiger partial charge in [-0.1, -0.05) is 0 Å². The number of nitrogens with one attached hydrogen (secondary N) is 2. The number of hydrogen-bond donors (Lipinski definition) is 2. The largest absolute Gasteiger partial charge is 0.378 e. The summed E-state index contributed by atoms with van der Waals surface area (Å²) in [5, 5.41) is 12.9. The van der Waals surface area contributed by atoms with Gasteiger partial charge in [-0.15, -0.1) is 0 Å². The molecule has 0 saturated carbocycles. The van der Waals surface area contributed by atoms with Gasteiger partial charge in [-0.3, -0.25) is 9.59 Å². The van der Waals surface area contributed by atoms with E-state index in [9.17, 15) is 9.59 Å². The molecule has 2 aromatic heterocycles. The summed E-state index contributed by atoms with van der Waals surface area (Å²) < 4.78 is 21.4. The molecule has 0 aromatic carbocycles. The average Bonchev–Trinajstić information content (AvgIpc) is 2.99. The molecule has 208 valence electrons. The van der Waals surface area contributed by atoms with Crippen molar-refractivity contribution in [3.63, 3.8) is 0 Å². The fourth-order valence-electron chi connectivity index (χ4n) is 5.02. The molecule has 6 rings (SSSR count). The number of aromatic nitrogens is 4. The van der Waals surface area contributed by atoms with Gasteiger partial charge < -0.3 is 38.5 Å². The van der Waals surface area contributed by atoms with Crippen molar-refractivity contribution in [3.05, 3.63) is 33.1 Å². The van der Waals surface area contributed by atoms with Crippen LogP contribution < -0.4 is 30.7 Å². The van der Waals surface area contributed by atoms with E-state index < -0.39 is 0 Å². The van der Waals surface area contributed by atoms with Gasteiger partial charge in [0.05, 0.1) is 76.6 Å². The van der Waals surface area contributed by atoms with Gasteiger partial charge >= 0.3 is 0 Å². The van der Waals surface area contributed by atoms with Crippen molar-refractivity contribution >= 4 is 22.7 Å². The van der Waals surface area contributed by atoms with Crippen LogP contribution in [0.4, 0.5) is 22.7 Å². The van der Waals surface area contributed by atoms with E-state index in [4.69, 9.17) is 18.9 Å². The van der Waals surface area contributed by atoms with Gasteiger partial charge in [0.15, 0.2) is 0 Å². The van der Waals surface area contributed by atoms with Gasteiger partial charge in [0.1, 0.15) is 11.4 Å². The zero-order chi connectivity index (χ0) is 26.2. The number of aromatic amines is 2. The van der Waals surface area contributed by atoms with E-state index in [1.54, 1.807) is 12.4 Å². The molecule has 0 unspecified atom stereocenters. The SMILES string of the molecule is O=c1[nH]ncc(N2CCOCC2)c1N1CCOCC1.O=c1[nH]ncc(N2CCOCC2)c1N1CCOCC1. The predicted octanol–water partition coefficient (Wildman–Crippen LogP) is -1.11. The second-order valence-electron chi connectivity index (χ2n) is 9.26. The summed E-state index contributed by atoms with van der Waals surface area (Å²) in [7, 11) is 0. The van der Waals surface area contributed by atoms with Crippen LogP contribution in [-0.2, 0) is 18.9 Å². The van der Waals surface area contributed by atoms with Crippen LogP contribution in [0.5, 0.6) is 0 Å². The van der Waals surface area contributed by atoms with E-state index in [1.807, 2.05) is 0 Å². The highest BCUT2D eigenvalue weighted by atomic mass is 16.5. The summed E-state index contributed by atoms with van der Waals surface area (Å²) in [6.45, 7) is 11.5. The van der Waals surface area contributed by atoms with Crippen molar-refractivity contribution in [2.24, 2.45) is 0 Å². The van der Waals surface area contributed by atoms with Crippen molar-refractivity contribution in [1.82, 2.24) is 20.4 Å². The van der Waals surface area contributed by atoms with E-state index >= 15 is 0 Å². The summed E-state index contributed by atoms with van der Waals surface area (Å²) in [6, 6.07) is 0. The van der Waals surface area contributed by atoms with E-state index in [1.165, 1.54) is 0 Å². The van der Waals surface area contributed by atoms with Crippen LogP contribution >= 0.6 is 0 Å². The minimum atomic E-state index is -0.133. The van der Waals surface area contributed by atoms with Crippen LogP contribution in [0.15, 0.2) is 22.0 Å². The summed E-state index contributed by atoms with van der Waals surface area (Å²) in [5.41, 5.74) is 2.94. The van der Waals surface area contributed by atoms with Crippen LogP contribution in [0.2, 0.25) is 0 Å². The molecule has 2 N–H and O–H groups in total. The van der Waals surface area contributed by atoms with Crippen LogP contribution in [0.25, 0.3) is 0 Å². The number of rotatable bonds is 4. The Morgan fingerprint density at radius 1 is 0.500 bits per heavy atom. The maximum atomic E-state index is 12.1. The van der Waals surface area contributed by atoms with Gasteiger partial charge in [-0.2, -0.15) is 10.2 Å². The predicted molar refractivity (Wildman–Crippen MR) is 142 cm³/mol. The number of anilines is 4. The normalized spacial score (nSPS) is 20.6. The lowest BCUT2D eigenvalue weighted by Crippen LogP contribution is -2.43. The molecular weight excluding hydrogens is 496 g/mol. The first-order valence-corrected chi connectivity index (χ1v) is 13.2. The van der Waals surface area contributed by atoms with E-state index in [0.717, 1.165) is 63.7 Å². The van der Waals surface area contributed by atoms with Crippen molar-refractivity contribution in [3.8, 4) is 0 Å². The third-order valence-corrected chi connectivity index (χ3v) is 6.98. The van der Waals surface area contributed by atoms with Gasteiger partial charge in [0.25, 0.3) is 11.1 Å². The molecule has 4 fully saturated rings. The molecule has 14 nitrogen and oxygen atoms in total. The Kier molecular flexibility index (Phi) is 9.06. The van der Waals surface area contributed by atoms with Gasteiger partial charge in [-0.05, 0) is 0 Å². The monoisotopic (exact) mass is 532 g/mol. The lowest BCUT2D eigenvalue weighted by atomic mass is 10.2. The highest BCUT2D eigenvalue weighted by Crippen LogP contribution is 2.27. The standard InChI is InChI=1S/2C12H18N4O3/c2*17-12-11(16-3-7-19-8-4-16)10(9-13-14-12)15-1-5-18-6-2-15/h2*9H,1-8H2,(H,14,17). The van der Waals surface area contributed by atoms with Crippen LogP contribution in [0.1, 0.15) is 0 Å². The molecule has 4 saturated heterocycles. The molecule has 0 amide bonds. The summed E-state index contributed by atoms with van der Waals surface area (Å²) in [4.78, 5) is 32.7. The Balaban J connectivity index is 0.000000155. The van der Waals surface area contributed by atoms with Crippen molar-refractivity contribution in [2.75, 3.05) is 125 Å². The Hall–Kier alpha value is -3.20. The number of ether oxygens (including phenoxy) is 4. The minimum absolute atomic E-state index is 0.133. The molecule has 0 atom stereocenters. The van der Waals surface area contributed by atoms with Crippen LogP contribution in [-0.4, -0.2) is 126 Å². The summed E-state index contributed by atoms with van der Waals surface area (Å²) >= 11 is 0. The second kappa shape index (κ2) is 13.0. The fraction of sp³-hybridized carbons (Fsp3) is 0.667. The van der Waals surface area contributed by atoms with Crippen molar-refractivity contribution < 1.29 is 18.9 Å². The number of hydrogen-bond acceptors (Lipinski definition) is 12. The fourth-order valence-corrected chi connectivity index (χ4v) is 5.02. The molecule has 0 spiro atoms. The van der Waals surface area contributed by atoms with Gasteiger partial charge in [0.2, 0.25) is 0 Å². The molecule has 4 aliphatic rings. The topological polar surface area (TPSA) is 141 Å². The van der Waals surface area contributed by atoms with Crippen LogP contribution in [0.3, 0.4) is 0 Å². The molecule has 14 heteroatoms. The lowest BCUT2D eigenvalue weighted by Gasteiger charge is -2.34. The van der Waals surface area contributed by atoms with E-state index in [0.29, 0.717) is 64.2 Å². The molecule has 0 aliphatic carbocycles. The first-order valence-electron chi connectivity index (χ1n) is 13.2. The van der Waals surface area contributed by atoms with Crippen LogP contribution in [0, 0.1) is 0 Å². The lowest BCUT2D eigenvalue weighted by molar-refractivity contribution is 0.120. The van der Waals surface area contributed by atoms with Crippen molar-refractivity contribution in [2.45, 2.75) is 0 Å². The third-order valence-electron chi connectivity index (χ3n) is 6.98. The highest BCUT2D eigenvalue weighted by Gasteiger charge is 2.24. The summed E-state index contributed by atoms with van der Waals surface area (Å²) in [5.74, 6) is 0. The minimum Gasteiger partial charge on any atom is -0.378 e. The molecule has 0 radical (unpaired) electrons. The quantitative estimate of drug-likeness (QED) is 0.493. The smallest absolute Gasteiger partial charge is 0.289 e. The average molecular weight is 533 g/mol. The summed E-state index contributed by atoms with van der Waals surface area (Å²) in [6.07, 6.45) is 3.47. The molecule has 4 aliphatic heterocycles. The van der Waals surface area contributed by atoms with E-state index in [2.05, 4.69) is 40.0 Å². The highest BCUT2D eigenvalue weighted by molar-refractivity contribution is 5.70. The Labute approximate surface area is 220 Å². The Morgan fingerprint density at radius 2 is 0.789 bits per heavy atom. The molecule has 2 aromatic rings. The maximum Gasteiger partial charge on any atom is 0.289 e. The maximum absolute atomic E-state index is 12.1. The zero-order valence-corrected chi connectivity index (χ0v) is 21.6. The molecular formula is C24H36N8O6. The second-order valence-corrected chi connectivity index (χ2v) is 9.26. The number of nitrogens with zero attached hydrogens (tertiary/aromatic N) is 6. The van der Waals surface area contributed by atoms with Gasteiger partial charge in [-0.25, -0.2) is 10.2 Å². The molecule has 38 heavy (non-hydrogen) atoms. The zero-order valence-electron chi connectivity index (χ0n) is 21.6. The Bertz CT molecular complexity index is 1050. The van der Waals surface area contributed by atoms with E-state index in [-0.39, 0.29) is 11.1 Å². The number of H-pyrrole nitrogens is 2. The number of morpholine rings is 4. The first-order chi connectivity index (χ1) is 18.7. The molecule has 6 heterocycles. The Morgan fingerprint density at radius 3 is 1.11 bits per heavy atom. The molecule has 0 bridgehead atoms. The van der Waals surface area contributed by atoms with Gasteiger partial charge in [0, 0.05) is 52.4 Å². The van der Waals surface area contributed by atoms with Crippen molar-refractivity contribution in [1.29, 1.82) is 0 Å².